The quantitative estimate of drug-likeness (QED) is 0.693. The molecule has 0 aliphatic heterocycles. The van der Waals surface area contributed by atoms with Crippen LogP contribution in [0.2, 0.25) is 0 Å². The van der Waals surface area contributed by atoms with Crippen molar-refractivity contribution >= 4 is 5.82 Å². The normalized spacial score (nSPS) is 11.3. The summed E-state index contributed by atoms with van der Waals surface area (Å²) >= 11 is 0. The molecule has 0 aliphatic rings. The Kier molecular flexibility index (Phi) is 5.54. The maximum Gasteiger partial charge on any atom is 0.573 e. The van der Waals surface area contributed by atoms with Gasteiger partial charge in [-0.2, -0.15) is 0 Å². The van der Waals surface area contributed by atoms with Crippen LogP contribution >= 0.6 is 0 Å². The van der Waals surface area contributed by atoms with Crippen LogP contribution in [-0.4, -0.2) is 27.9 Å². The van der Waals surface area contributed by atoms with Gasteiger partial charge in [-0.3, -0.25) is 4.98 Å². The van der Waals surface area contributed by atoms with Gasteiger partial charge in [0.2, 0.25) is 0 Å². The Labute approximate surface area is 154 Å². The van der Waals surface area contributed by atoms with Crippen molar-refractivity contribution in [3.05, 3.63) is 66.1 Å². The lowest BCUT2D eigenvalue weighted by atomic mass is 10.2. The van der Waals surface area contributed by atoms with E-state index in [0.717, 1.165) is 5.69 Å². The van der Waals surface area contributed by atoms with E-state index >= 15 is 0 Å². The van der Waals surface area contributed by atoms with E-state index in [2.05, 4.69) is 25.0 Å². The first-order valence-electron chi connectivity index (χ1n) is 8.25. The molecule has 0 atom stereocenters. The number of benzene rings is 1. The number of ether oxygens (including phenoxy) is 1. The first-order chi connectivity index (χ1) is 12.9. The van der Waals surface area contributed by atoms with Crippen LogP contribution in [0.25, 0.3) is 11.4 Å². The molecule has 3 rings (SSSR count). The standard InChI is InChI=1S/C19H17F3N4O/c1-13-11-17(24-10-8-15-6-2-3-9-23-15)26-18(25-13)14-5-4-7-16(12-14)27-19(20,21)22/h2-7,9,11-12H,8,10H2,1H3,(H,24,25,26). The highest BCUT2D eigenvalue weighted by Gasteiger charge is 2.31. The second-order valence-corrected chi connectivity index (χ2v) is 5.79. The van der Waals surface area contributed by atoms with Crippen LogP contribution in [0.1, 0.15) is 11.4 Å². The fourth-order valence-electron chi connectivity index (χ4n) is 2.49. The molecule has 2 heterocycles. The Hall–Kier alpha value is -3.16. The summed E-state index contributed by atoms with van der Waals surface area (Å²) in [5, 5.41) is 3.19. The molecule has 0 amide bonds. The first kappa shape index (κ1) is 18.6. The van der Waals surface area contributed by atoms with Gasteiger partial charge in [0.05, 0.1) is 0 Å². The number of aryl methyl sites for hydroxylation is 1. The van der Waals surface area contributed by atoms with Gasteiger partial charge in [0.1, 0.15) is 11.6 Å². The van der Waals surface area contributed by atoms with Gasteiger partial charge in [0, 0.05) is 42.2 Å². The number of anilines is 1. The van der Waals surface area contributed by atoms with Crippen molar-refractivity contribution in [1.29, 1.82) is 0 Å². The molecule has 1 N–H and O–H groups in total. The van der Waals surface area contributed by atoms with E-state index in [1.54, 1.807) is 25.3 Å². The summed E-state index contributed by atoms with van der Waals surface area (Å²) < 4.78 is 41.2. The Balaban J connectivity index is 1.74. The highest BCUT2D eigenvalue weighted by Crippen LogP contribution is 2.27. The summed E-state index contributed by atoms with van der Waals surface area (Å²) in [5.41, 5.74) is 2.09. The molecule has 8 heteroatoms. The van der Waals surface area contributed by atoms with E-state index in [1.807, 2.05) is 18.2 Å². The van der Waals surface area contributed by atoms with Crippen molar-refractivity contribution in [2.75, 3.05) is 11.9 Å². The zero-order valence-corrected chi connectivity index (χ0v) is 14.5. The molecule has 1 aromatic carbocycles. The van der Waals surface area contributed by atoms with Crippen LogP contribution in [0.4, 0.5) is 19.0 Å². The molecule has 0 saturated heterocycles. The number of rotatable bonds is 6. The van der Waals surface area contributed by atoms with Crippen molar-refractivity contribution in [2.45, 2.75) is 19.7 Å². The number of alkyl halides is 3. The van der Waals surface area contributed by atoms with Crippen molar-refractivity contribution in [3.8, 4) is 17.1 Å². The van der Waals surface area contributed by atoms with E-state index < -0.39 is 6.36 Å². The highest BCUT2D eigenvalue weighted by molar-refractivity contribution is 5.59. The molecule has 0 radical (unpaired) electrons. The largest absolute Gasteiger partial charge is 0.573 e. The van der Waals surface area contributed by atoms with E-state index in [1.165, 1.54) is 18.2 Å². The average Bonchev–Trinajstić information content (AvgIpc) is 2.61. The first-order valence-corrected chi connectivity index (χ1v) is 8.25. The van der Waals surface area contributed by atoms with Crippen molar-refractivity contribution in [3.63, 3.8) is 0 Å². The Morgan fingerprint density at radius 1 is 1.04 bits per heavy atom. The van der Waals surface area contributed by atoms with Crippen LogP contribution in [0.5, 0.6) is 5.75 Å². The fourth-order valence-corrected chi connectivity index (χ4v) is 2.49. The highest BCUT2D eigenvalue weighted by atomic mass is 19.4. The van der Waals surface area contributed by atoms with Gasteiger partial charge in [-0.25, -0.2) is 9.97 Å². The molecule has 0 bridgehead atoms. The number of halogens is 3. The second kappa shape index (κ2) is 8.03. The van der Waals surface area contributed by atoms with Gasteiger partial charge in [0.25, 0.3) is 0 Å². The third-order valence-electron chi connectivity index (χ3n) is 3.59. The summed E-state index contributed by atoms with van der Waals surface area (Å²) in [6, 6.07) is 13.1. The molecule has 140 valence electrons. The molecule has 3 aromatic rings. The fraction of sp³-hybridized carbons (Fsp3) is 0.211. The van der Waals surface area contributed by atoms with Crippen molar-refractivity contribution in [2.24, 2.45) is 0 Å². The molecule has 0 saturated carbocycles. The molecule has 5 nitrogen and oxygen atoms in total. The zero-order chi connectivity index (χ0) is 19.3. The van der Waals surface area contributed by atoms with Crippen LogP contribution in [0, 0.1) is 6.92 Å². The minimum absolute atomic E-state index is 0.310. The summed E-state index contributed by atoms with van der Waals surface area (Å²) in [7, 11) is 0. The average molecular weight is 374 g/mol. The van der Waals surface area contributed by atoms with E-state index in [4.69, 9.17) is 0 Å². The molecule has 0 aliphatic carbocycles. The Morgan fingerprint density at radius 3 is 2.63 bits per heavy atom. The number of pyridine rings is 1. The SMILES string of the molecule is Cc1cc(NCCc2ccccn2)nc(-c2cccc(OC(F)(F)F)c2)n1. The number of hydrogen-bond donors (Lipinski definition) is 1. The molecule has 0 fully saturated rings. The molecule has 2 aromatic heterocycles. The minimum Gasteiger partial charge on any atom is -0.406 e. The van der Waals surface area contributed by atoms with E-state index in [0.29, 0.717) is 35.9 Å². The van der Waals surface area contributed by atoms with Gasteiger partial charge in [-0.15, -0.1) is 13.2 Å². The molecule has 0 spiro atoms. The second-order valence-electron chi connectivity index (χ2n) is 5.79. The van der Waals surface area contributed by atoms with Crippen LogP contribution in [0.3, 0.4) is 0 Å². The summed E-state index contributed by atoms with van der Waals surface area (Å²) in [6.45, 7) is 2.41. The maximum atomic E-state index is 12.4. The summed E-state index contributed by atoms with van der Waals surface area (Å²) in [4.78, 5) is 13.0. The summed E-state index contributed by atoms with van der Waals surface area (Å²) in [5.74, 6) is 0.605. The van der Waals surface area contributed by atoms with Gasteiger partial charge in [-0.1, -0.05) is 18.2 Å². The predicted molar refractivity (Wildman–Crippen MR) is 95.3 cm³/mol. The Bertz CT molecular complexity index is 901. The lowest BCUT2D eigenvalue weighted by molar-refractivity contribution is -0.274. The third kappa shape index (κ3) is 5.67. The topological polar surface area (TPSA) is 59.9 Å². The zero-order valence-electron chi connectivity index (χ0n) is 14.5. The lowest BCUT2D eigenvalue weighted by Gasteiger charge is -2.11. The van der Waals surface area contributed by atoms with Crippen molar-refractivity contribution < 1.29 is 17.9 Å². The molecule has 0 unspecified atom stereocenters. The third-order valence-corrected chi connectivity index (χ3v) is 3.59. The summed E-state index contributed by atoms with van der Waals surface area (Å²) in [6.07, 6.45) is -2.29. The van der Waals surface area contributed by atoms with Crippen LogP contribution in [0.15, 0.2) is 54.7 Å². The van der Waals surface area contributed by atoms with Gasteiger partial charge in [0.15, 0.2) is 5.82 Å². The number of hydrogen-bond acceptors (Lipinski definition) is 5. The molecular weight excluding hydrogens is 357 g/mol. The van der Waals surface area contributed by atoms with Crippen LogP contribution in [-0.2, 0) is 6.42 Å². The minimum atomic E-state index is -4.75. The monoisotopic (exact) mass is 374 g/mol. The van der Waals surface area contributed by atoms with Gasteiger partial charge in [-0.05, 0) is 31.2 Å². The maximum absolute atomic E-state index is 12.4. The Morgan fingerprint density at radius 2 is 1.89 bits per heavy atom. The van der Waals surface area contributed by atoms with Crippen molar-refractivity contribution in [1.82, 2.24) is 15.0 Å². The molecule has 27 heavy (non-hydrogen) atoms. The number of nitrogens with zero attached hydrogens (tertiary/aromatic N) is 3. The smallest absolute Gasteiger partial charge is 0.406 e. The number of nitrogens with one attached hydrogen (secondary N) is 1. The number of aromatic nitrogens is 3. The van der Waals surface area contributed by atoms with E-state index in [-0.39, 0.29) is 5.75 Å². The lowest BCUT2D eigenvalue weighted by Crippen LogP contribution is -2.17. The van der Waals surface area contributed by atoms with Gasteiger partial charge >= 0.3 is 6.36 Å². The van der Waals surface area contributed by atoms with Crippen LogP contribution < -0.4 is 10.1 Å². The predicted octanol–water partition coefficient (Wildman–Crippen LogP) is 4.40. The van der Waals surface area contributed by atoms with Gasteiger partial charge < -0.3 is 10.1 Å². The molecular formula is C19H17F3N4O. The van der Waals surface area contributed by atoms with E-state index in [9.17, 15) is 13.2 Å².